The van der Waals surface area contributed by atoms with Gasteiger partial charge in [0.1, 0.15) is 5.82 Å². The Labute approximate surface area is 119 Å². The fraction of sp³-hybridized carbons (Fsp3) is 0.333. The van der Waals surface area contributed by atoms with E-state index in [2.05, 4.69) is 36.5 Å². The molecule has 2 aromatic rings. The zero-order valence-corrected chi connectivity index (χ0v) is 11.8. The molecule has 104 valence electrons. The molecule has 20 heavy (non-hydrogen) atoms. The third kappa shape index (κ3) is 2.69. The Bertz CT molecular complexity index is 589. The lowest BCUT2D eigenvalue weighted by molar-refractivity contribution is 0.626. The molecule has 3 rings (SSSR count). The minimum atomic E-state index is -0.131. The normalized spacial score (nSPS) is 17.0. The van der Waals surface area contributed by atoms with Crippen LogP contribution in [0, 0.1) is 5.82 Å². The Morgan fingerprint density at radius 1 is 1.15 bits per heavy atom. The molecule has 1 aliphatic carbocycles. The Morgan fingerprint density at radius 3 is 2.70 bits per heavy atom. The molecule has 0 fully saturated rings. The average Bonchev–Trinajstić information content (AvgIpc) is 2.83. The van der Waals surface area contributed by atoms with E-state index in [1.807, 2.05) is 6.07 Å². The molecule has 1 unspecified atom stereocenters. The Balaban J connectivity index is 1.73. The standard InChI is InChI=1S/C18H20FN/c1-2-3-13-4-8-16(9-5-13)20-18-11-6-14-12-15(19)7-10-17(14)18/h4-5,7-10,12,18,20H,2-3,6,11H2,1H3. The number of rotatable bonds is 4. The van der Waals surface area contributed by atoms with Gasteiger partial charge in [-0.15, -0.1) is 0 Å². The summed E-state index contributed by atoms with van der Waals surface area (Å²) < 4.78 is 13.2. The van der Waals surface area contributed by atoms with Gasteiger partial charge in [0.15, 0.2) is 0 Å². The van der Waals surface area contributed by atoms with E-state index in [9.17, 15) is 4.39 Å². The lowest BCUT2D eigenvalue weighted by Crippen LogP contribution is -2.07. The van der Waals surface area contributed by atoms with E-state index in [4.69, 9.17) is 0 Å². The van der Waals surface area contributed by atoms with Crippen molar-refractivity contribution in [3.05, 3.63) is 65.0 Å². The highest BCUT2D eigenvalue weighted by Gasteiger charge is 2.22. The maximum Gasteiger partial charge on any atom is 0.123 e. The van der Waals surface area contributed by atoms with Gasteiger partial charge in [-0.25, -0.2) is 4.39 Å². The van der Waals surface area contributed by atoms with Gasteiger partial charge in [0.05, 0.1) is 6.04 Å². The molecule has 1 N–H and O–H groups in total. The van der Waals surface area contributed by atoms with Crippen molar-refractivity contribution in [2.45, 2.75) is 38.6 Å². The van der Waals surface area contributed by atoms with Crippen molar-refractivity contribution < 1.29 is 4.39 Å². The van der Waals surface area contributed by atoms with Gasteiger partial charge < -0.3 is 5.32 Å². The van der Waals surface area contributed by atoms with Crippen LogP contribution in [0.1, 0.15) is 42.5 Å². The molecular formula is C18H20FN. The van der Waals surface area contributed by atoms with Crippen LogP contribution in [0.4, 0.5) is 10.1 Å². The van der Waals surface area contributed by atoms with Gasteiger partial charge in [-0.2, -0.15) is 0 Å². The number of hydrogen-bond donors (Lipinski definition) is 1. The molecule has 0 heterocycles. The summed E-state index contributed by atoms with van der Waals surface area (Å²) in [7, 11) is 0. The van der Waals surface area contributed by atoms with Gasteiger partial charge in [-0.1, -0.05) is 31.5 Å². The van der Waals surface area contributed by atoms with Crippen LogP contribution in [0.3, 0.4) is 0 Å². The van der Waals surface area contributed by atoms with Gasteiger partial charge in [0, 0.05) is 5.69 Å². The Hall–Kier alpha value is -1.83. The van der Waals surface area contributed by atoms with Gasteiger partial charge in [-0.05, 0) is 60.2 Å². The SMILES string of the molecule is CCCc1ccc(NC2CCc3cc(F)ccc32)cc1. The van der Waals surface area contributed by atoms with Gasteiger partial charge in [0.2, 0.25) is 0 Å². The van der Waals surface area contributed by atoms with E-state index in [0.717, 1.165) is 30.5 Å². The fourth-order valence-electron chi connectivity index (χ4n) is 2.99. The Kier molecular flexibility index (Phi) is 3.72. The summed E-state index contributed by atoms with van der Waals surface area (Å²) in [5.74, 6) is -0.131. The van der Waals surface area contributed by atoms with Crippen molar-refractivity contribution in [3.8, 4) is 0 Å². The largest absolute Gasteiger partial charge is 0.378 e. The molecule has 1 nitrogen and oxygen atoms in total. The maximum atomic E-state index is 13.2. The molecule has 2 heteroatoms. The quantitative estimate of drug-likeness (QED) is 0.834. The second-order valence-corrected chi connectivity index (χ2v) is 5.53. The van der Waals surface area contributed by atoms with Crippen LogP contribution in [-0.2, 0) is 12.8 Å². The number of anilines is 1. The van der Waals surface area contributed by atoms with Crippen LogP contribution >= 0.6 is 0 Å². The van der Waals surface area contributed by atoms with Crippen molar-refractivity contribution >= 4 is 5.69 Å². The first-order valence-electron chi connectivity index (χ1n) is 7.40. The third-order valence-corrected chi connectivity index (χ3v) is 4.02. The lowest BCUT2D eigenvalue weighted by atomic mass is 10.1. The van der Waals surface area contributed by atoms with Crippen LogP contribution in [0.15, 0.2) is 42.5 Å². The first-order valence-corrected chi connectivity index (χ1v) is 7.40. The molecule has 2 aromatic carbocycles. The molecule has 0 aliphatic heterocycles. The molecular weight excluding hydrogens is 249 g/mol. The minimum Gasteiger partial charge on any atom is -0.378 e. The fourth-order valence-corrected chi connectivity index (χ4v) is 2.99. The number of benzene rings is 2. The summed E-state index contributed by atoms with van der Waals surface area (Å²) in [6.45, 7) is 2.20. The second-order valence-electron chi connectivity index (χ2n) is 5.53. The molecule has 1 aliphatic rings. The number of nitrogens with one attached hydrogen (secondary N) is 1. The summed E-state index contributed by atoms with van der Waals surface area (Å²) >= 11 is 0. The number of aryl methyl sites for hydroxylation is 2. The summed E-state index contributed by atoms with van der Waals surface area (Å²) in [5, 5.41) is 3.56. The summed E-state index contributed by atoms with van der Waals surface area (Å²) in [5.41, 5.74) is 4.91. The van der Waals surface area contributed by atoms with Crippen molar-refractivity contribution in [2.24, 2.45) is 0 Å². The maximum absolute atomic E-state index is 13.2. The Morgan fingerprint density at radius 2 is 1.95 bits per heavy atom. The monoisotopic (exact) mass is 269 g/mol. The van der Waals surface area contributed by atoms with E-state index < -0.39 is 0 Å². The first-order chi connectivity index (χ1) is 9.76. The summed E-state index contributed by atoms with van der Waals surface area (Å²) in [6.07, 6.45) is 4.30. The van der Waals surface area contributed by atoms with Crippen LogP contribution in [0.5, 0.6) is 0 Å². The molecule has 0 radical (unpaired) electrons. The summed E-state index contributed by atoms with van der Waals surface area (Å²) in [6, 6.07) is 14.1. The number of halogens is 1. The molecule has 0 aromatic heterocycles. The van der Waals surface area contributed by atoms with Gasteiger partial charge in [-0.3, -0.25) is 0 Å². The van der Waals surface area contributed by atoms with Crippen molar-refractivity contribution in [2.75, 3.05) is 5.32 Å². The average molecular weight is 269 g/mol. The number of hydrogen-bond acceptors (Lipinski definition) is 1. The zero-order chi connectivity index (χ0) is 13.9. The van der Waals surface area contributed by atoms with Crippen LogP contribution in [0.25, 0.3) is 0 Å². The van der Waals surface area contributed by atoms with Crippen molar-refractivity contribution in [1.82, 2.24) is 0 Å². The predicted octanol–water partition coefficient (Wildman–Crippen LogP) is 4.88. The van der Waals surface area contributed by atoms with Crippen LogP contribution in [0.2, 0.25) is 0 Å². The molecule has 0 amide bonds. The van der Waals surface area contributed by atoms with Crippen molar-refractivity contribution in [3.63, 3.8) is 0 Å². The molecule has 0 spiro atoms. The van der Waals surface area contributed by atoms with E-state index in [0.29, 0.717) is 6.04 Å². The van der Waals surface area contributed by atoms with Crippen LogP contribution < -0.4 is 5.32 Å². The molecule has 0 bridgehead atoms. The first kappa shape index (κ1) is 13.2. The highest BCUT2D eigenvalue weighted by atomic mass is 19.1. The molecule has 0 saturated carbocycles. The topological polar surface area (TPSA) is 12.0 Å². The lowest BCUT2D eigenvalue weighted by Gasteiger charge is -2.16. The smallest absolute Gasteiger partial charge is 0.123 e. The highest BCUT2D eigenvalue weighted by molar-refractivity contribution is 5.49. The van der Waals surface area contributed by atoms with E-state index >= 15 is 0 Å². The summed E-state index contributed by atoms with van der Waals surface area (Å²) in [4.78, 5) is 0. The van der Waals surface area contributed by atoms with E-state index in [-0.39, 0.29) is 5.82 Å². The third-order valence-electron chi connectivity index (χ3n) is 4.02. The number of fused-ring (bicyclic) bond motifs is 1. The van der Waals surface area contributed by atoms with E-state index in [1.165, 1.54) is 17.5 Å². The van der Waals surface area contributed by atoms with Crippen molar-refractivity contribution in [1.29, 1.82) is 0 Å². The zero-order valence-electron chi connectivity index (χ0n) is 11.8. The highest BCUT2D eigenvalue weighted by Crippen LogP contribution is 2.34. The van der Waals surface area contributed by atoms with Gasteiger partial charge in [0.25, 0.3) is 0 Å². The molecule has 0 saturated heterocycles. The second kappa shape index (κ2) is 5.66. The van der Waals surface area contributed by atoms with Crippen LogP contribution in [-0.4, -0.2) is 0 Å². The minimum absolute atomic E-state index is 0.131. The molecule has 1 atom stereocenters. The van der Waals surface area contributed by atoms with E-state index in [1.54, 1.807) is 12.1 Å². The van der Waals surface area contributed by atoms with Gasteiger partial charge >= 0.3 is 0 Å². The predicted molar refractivity (Wildman–Crippen MR) is 81.5 cm³/mol.